The summed E-state index contributed by atoms with van der Waals surface area (Å²) in [5.41, 5.74) is 0.728. The van der Waals surface area contributed by atoms with Crippen molar-refractivity contribution in [3.63, 3.8) is 0 Å². The predicted molar refractivity (Wildman–Crippen MR) is 180 cm³/mol. The quantitative estimate of drug-likeness (QED) is 0.272. The van der Waals surface area contributed by atoms with Crippen molar-refractivity contribution in [2.24, 2.45) is 0 Å². The normalized spacial score (nSPS) is 12.9. The average Bonchev–Trinajstić information content (AvgIpc) is 2.89. The third-order valence-electron chi connectivity index (χ3n) is 6.11. The molecule has 0 aliphatic heterocycles. The van der Waals surface area contributed by atoms with E-state index < -0.39 is 23.2 Å². The largest absolute Gasteiger partial charge is 0.363 e. The van der Waals surface area contributed by atoms with E-state index in [0.29, 0.717) is 36.4 Å². The zero-order chi connectivity index (χ0) is 31.5. The zero-order valence-corrected chi connectivity index (χ0v) is 27.9. The number of nitrogens with one attached hydrogen (secondary N) is 4. The topological polar surface area (TPSA) is 88.7 Å². The lowest BCUT2D eigenvalue weighted by Gasteiger charge is -2.39. The van der Waals surface area contributed by atoms with Gasteiger partial charge in [-0.05, 0) is 91.0 Å². The molecule has 230 valence electrons. The standard InChI is InChI=1S/C32H48N6O2S2/c1-9-33-29(41)37(25(23-17-13-11-14-18-23)27(39)35-31(3,4)5)21-22-38(30(42)34-10-2)26(24-19-15-12-16-20-24)28(40)36-32(6,7)8/h11-20,25-26H,9-10,21-22H2,1-8H3,(H,33,41)(H,34,42)(H,35,39)(H,36,40). The van der Waals surface area contributed by atoms with Crippen LogP contribution in [0.5, 0.6) is 0 Å². The van der Waals surface area contributed by atoms with E-state index in [9.17, 15) is 9.59 Å². The molecule has 4 N–H and O–H groups in total. The molecule has 0 heterocycles. The molecule has 2 rings (SSSR count). The van der Waals surface area contributed by atoms with Crippen LogP contribution in [-0.4, -0.2) is 69.1 Å². The Kier molecular flexibility index (Phi) is 13.2. The number of amides is 2. The van der Waals surface area contributed by atoms with Gasteiger partial charge in [-0.2, -0.15) is 0 Å². The first kappa shape index (κ1) is 35.0. The summed E-state index contributed by atoms with van der Waals surface area (Å²) >= 11 is 11.7. The van der Waals surface area contributed by atoms with Crippen molar-refractivity contribution >= 4 is 46.5 Å². The summed E-state index contributed by atoms with van der Waals surface area (Å²) in [4.78, 5) is 31.5. The average molecular weight is 613 g/mol. The van der Waals surface area contributed by atoms with Crippen molar-refractivity contribution in [1.29, 1.82) is 0 Å². The highest BCUT2D eigenvalue weighted by Crippen LogP contribution is 2.26. The highest BCUT2D eigenvalue weighted by Gasteiger charge is 2.35. The summed E-state index contributed by atoms with van der Waals surface area (Å²) in [6.07, 6.45) is 0. The van der Waals surface area contributed by atoms with Gasteiger partial charge in [-0.25, -0.2) is 0 Å². The van der Waals surface area contributed by atoms with Gasteiger partial charge >= 0.3 is 0 Å². The van der Waals surface area contributed by atoms with E-state index in [1.54, 1.807) is 0 Å². The van der Waals surface area contributed by atoms with E-state index in [-0.39, 0.29) is 11.8 Å². The van der Waals surface area contributed by atoms with Gasteiger partial charge in [-0.3, -0.25) is 9.59 Å². The van der Waals surface area contributed by atoms with Crippen LogP contribution in [0.2, 0.25) is 0 Å². The zero-order valence-electron chi connectivity index (χ0n) is 26.3. The Morgan fingerprint density at radius 1 is 0.643 bits per heavy atom. The molecule has 8 nitrogen and oxygen atoms in total. The molecule has 2 atom stereocenters. The lowest BCUT2D eigenvalue weighted by Crippen LogP contribution is -2.55. The highest BCUT2D eigenvalue weighted by atomic mass is 32.1. The monoisotopic (exact) mass is 612 g/mol. The first-order valence-corrected chi connectivity index (χ1v) is 15.3. The predicted octanol–water partition coefficient (Wildman–Crippen LogP) is 4.69. The highest BCUT2D eigenvalue weighted by molar-refractivity contribution is 7.80. The third kappa shape index (κ3) is 10.9. The Balaban J connectivity index is 2.60. The molecule has 0 saturated carbocycles. The number of rotatable bonds is 11. The molecule has 2 aromatic rings. The van der Waals surface area contributed by atoms with Gasteiger partial charge in [0.2, 0.25) is 11.8 Å². The molecule has 42 heavy (non-hydrogen) atoms. The van der Waals surface area contributed by atoms with Gasteiger partial charge in [-0.15, -0.1) is 0 Å². The van der Waals surface area contributed by atoms with Gasteiger partial charge in [0.05, 0.1) is 0 Å². The molecule has 0 radical (unpaired) electrons. The van der Waals surface area contributed by atoms with Crippen LogP contribution >= 0.6 is 24.4 Å². The number of hydrogen-bond donors (Lipinski definition) is 4. The Hall–Kier alpha value is -3.24. The van der Waals surface area contributed by atoms with Gasteiger partial charge in [0.15, 0.2) is 10.2 Å². The van der Waals surface area contributed by atoms with Crippen LogP contribution in [0.3, 0.4) is 0 Å². The molecule has 0 fully saturated rings. The van der Waals surface area contributed by atoms with Crippen LogP contribution in [-0.2, 0) is 9.59 Å². The lowest BCUT2D eigenvalue weighted by atomic mass is 10.0. The minimum Gasteiger partial charge on any atom is -0.363 e. The first-order chi connectivity index (χ1) is 19.7. The maximum Gasteiger partial charge on any atom is 0.247 e. The second-order valence-corrected chi connectivity index (χ2v) is 12.9. The second-order valence-electron chi connectivity index (χ2n) is 12.2. The molecule has 0 aliphatic carbocycles. The molecule has 0 bridgehead atoms. The fraction of sp³-hybridized carbons (Fsp3) is 0.500. The van der Waals surface area contributed by atoms with Crippen LogP contribution in [0.4, 0.5) is 0 Å². The van der Waals surface area contributed by atoms with Crippen molar-refractivity contribution < 1.29 is 9.59 Å². The minimum absolute atomic E-state index is 0.167. The van der Waals surface area contributed by atoms with Crippen molar-refractivity contribution in [2.45, 2.75) is 78.6 Å². The lowest BCUT2D eigenvalue weighted by molar-refractivity contribution is -0.128. The fourth-order valence-electron chi connectivity index (χ4n) is 4.51. The Morgan fingerprint density at radius 3 is 1.21 bits per heavy atom. The molecule has 0 aliphatic rings. The molecule has 0 aromatic heterocycles. The van der Waals surface area contributed by atoms with Crippen molar-refractivity contribution in [3.05, 3.63) is 71.8 Å². The minimum atomic E-state index is -0.704. The molecule has 0 spiro atoms. The van der Waals surface area contributed by atoms with Gasteiger partial charge in [0.25, 0.3) is 0 Å². The second kappa shape index (κ2) is 15.8. The summed E-state index contributed by atoms with van der Waals surface area (Å²) in [7, 11) is 0. The Labute approximate surface area is 263 Å². The van der Waals surface area contributed by atoms with Crippen LogP contribution in [0.15, 0.2) is 60.7 Å². The summed E-state index contributed by atoms with van der Waals surface area (Å²) < 4.78 is 0. The van der Waals surface area contributed by atoms with Gasteiger partial charge in [0.1, 0.15) is 12.1 Å². The van der Waals surface area contributed by atoms with Crippen LogP contribution in [0, 0.1) is 0 Å². The number of carbonyl (C=O) groups is 2. The van der Waals surface area contributed by atoms with Crippen molar-refractivity contribution in [1.82, 2.24) is 31.1 Å². The molecular weight excluding hydrogens is 565 g/mol. The van der Waals surface area contributed by atoms with Crippen molar-refractivity contribution in [3.8, 4) is 0 Å². The van der Waals surface area contributed by atoms with E-state index in [4.69, 9.17) is 24.4 Å². The maximum absolute atomic E-state index is 13.9. The van der Waals surface area contributed by atoms with E-state index in [1.165, 1.54) is 0 Å². The number of benzene rings is 2. The van der Waals surface area contributed by atoms with E-state index in [2.05, 4.69) is 21.3 Å². The summed E-state index contributed by atoms with van der Waals surface area (Å²) in [5.74, 6) is -0.334. The van der Waals surface area contributed by atoms with Crippen LogP contribution in [0.25, 0.3) is 0 Å². The van der Waals surface area contributed by atoms with Gasteiger partial charge < -0.3 is 31.1 Å². The summed E-state index contributed by atoms with van der Waals surface area (Å²) in [6.45, 7) is 17.5. The number of carbonyl (C=O) groups excluding carboxylic acids is 2. The number of nitrogens with zero attached hydrogens (tertiary/aromatic N) is 2. The molecule has 2 aromatic carbocycles. The Morgan fingerprint density at radius 2 is 0.952 bits per heavy atom. The molecule has 10 heteroatoms. The molecular formula is C32H48N6O2S2. The first-order valence-electron chi connectivity index (χ1n) is 14.5. The number of hydrogen-bond acceptors (Lipinski definition) is 4. The van der Waals surface area contributed by atoms with Crippen molar-refractivity contribution in [2.75, 3.05) is 26.2 Å². The van der Waals surface area contributed by atoms with Crippen LogP contribution in [0.1, 0.15) is 78.6 Å². The summed E-state index contributed by atoms with van der Waals surface area (Å²) in [5, 5.41) is 13.6. The fourth-order valence-corrected chi connectivity index (χ4v) is 5.19. The molecule has 2 unspecified atom stereocenters. The van der Waals surface area contributed by atoms with E-state index in [1.807, 2.05) is 126 Å². The van der Waals surface area contributed by atoms with E-state index >= 15 is 0 Å². The third-order valence-corrected chi connectivity index (χ3v) is 6.86. The molecule has 0 saturated heterocycles. The van der Waals surface area contributed by atoms with Crippen LogP contribution < -0.4 is 21.3 Å². The number of thiocarbonyl (C=S) groups is 2. The maximum atomic E-state index is 13.9. The molecule has 2 amide bonds. The Bertz CT molecular complexity index is 1090. The smallest absolute Gasteiger partial charge is 0.247 e. The van der Waals surface area contributed by atoms with E-state index in [0.717, 1.165) is 11.1 Å². The van der Waals surface area contributed by atoms with Gasteiger partial charge in [-0.1, -0.05) is 60.7 Å². The van der Waals surface area contributed by atoms with Gasteiger partial charge in [0, 0.05) is 37.3 Å². The summed E-state index contributed by atoms with van der Waals surface area (Å²) in [6, 6.07) is 17.8. The SMILES string of the molecule is CCNC(=S)N(CCN(C(=S)NCC)C(C(=O)NC(C)(C)C)c1ccccc1)C(C(=O)NC(C)(C)C)c1ccccc1.